The molecule has 0 bridgehead atoms. The van der Waals surface area contributed by atoms with Crippen LogP contribution in [0.15, 0.2) is 85.1 Å². The molecule has 19 heteroatoms. The van der Waals surface area contributed by atoms with E-state index < -0.39 is 124 Å². The van der Waals surface area contributed by atoms with Crippen molar-refractivity contribution in [2.75, 3.05) is 26.4 Å². The van der Waals surface area contributed by atoms with Gasteiger partial charge in [-0.05, 0) is 70.6 Å². The topological polar surface area (TPSA) is 307 Å². The molecule has 0 spiro atoms. The van der Waals surface area contributed by atoms with E-state index in [9.17, 15) is 61.0 Å². The Morgan fingerprint density at radius 1 is 0.507 bits per heavy atom. The van der Waals surface area contributed by atoms with Crippen molar-refractivity contribution in [3.05, 3.63) is 85.1 Å². The van der Waals surface area contributed by atoms with Crippen LogP contribution < -0.4 is 5.32 Å². The minimum absolute atomic E-state index is 0.217. The number of carbonyl (C=O) groups excluding carboxylic acids is 1. The molecule has 0 aliphatic carbocycles. The highest BCUT2D eigenvalue weighted by atomic mass is 16.8. The lowest BCUT2D eigenvalue weighted by molar-refractivity contribution is -0.379. The lowest BCUT2D eigenvalue weighted by Crippen LogP contribution is -2.66. The molecule has 3 rings (SSSR count). The zero-order chi connectivity index (χ0) is 53.4. The highest BCUT2D eigenvalue weighted by molar-refractivity contribution is 5.76. The van der Waals surface area contributed by atoms with Crippen molar-refractivity contribution in [2.24, 2.45) is 0 Å². The Bertz CT molecular complexity index is 1670. The van der Waals surface area contributed by atoms with E-state index in [0.29, 0.717) is 19.3 Å². The number of ether oxygens (including phenoxy) is 6. The summed E-state index contributed by atoms with van der Waals surface area (Å²) >= 11 is 0. The summed E-state index contributed by atoms with van der Waals surface area (Å²) < 4.78 is 33.9. The first-order chi connectivity index (χ1) is 35.3. The third-order valence-corrected chi connectivity index (χ3v) is 12.7. The van der Waals surface area contributed by atoms with E-state index in [1.54, 1.807) is 0 Å². The average molecular weight is 1040 g/mol. The smallest absolute Gasteiger partial charge is 0.220 e. The molecule has 0 aromatic rings. The summed E-state index contributed by atoms with van der Waals surface area (Å²) in [6, 6.07) is -0.906. The molecule has 3 aliphatic heterocycles. The average Bonchev–Trinajstić information content (AvgIpc) is 3.38. The second-order valence-electron chi connectivity index (χ2n) is 18.6. The maximum atomic E-state index is 13.1. The molecule has 0 aromatic carbocycles. The van der Waals surface area contributed by atoms with Crippen molar-refractivity contribution >= 4 is 5.91 Å². The van der Waals surface area contributed by atoms with Crippen LogP contribution in [0.1, 0.15) is 117 Å². The van der Waals surface area contributed by atoms with Crippen LogP contribution in [0.4, 0.5) is 0 Å². The number of aliphatic hydroxyl groups is 11. The van der Waals surface area contributed by atoms with Gasteiger partial charge in [0.15, 0.2) is 18.9 Å². The van der Waals surface area contributed by atoms with Gasteiger partial charge in [-0.2, -0.15) is 0 Å². The number of carbonyl (C=O) groups is 1. The maximum Gasteiger partial charge on any atom is 0.220 e. The van der Waals surface area contributed by atoms with Gasteiger partial charge in [0.25, 0.3) is 0 Å². The van der Waals surface area contributed by atoms with Crippen LogP contribution in [0.2, 0.25) is 0 Å². The summed E-state index contributed by atoms with van der Waals surface area (Å²) in [6.45, 7) is 1.40. The molecule has 0 aromatic heterocycles. The second-order valence-corrected chi connectivity index (χ2v) is 18.6. The summed E-state index contributed by atoms with van der Waals surface area (Å²) in [5.41, 5.74) is 0. The zero-order valence-corrected chi connectivity index (χ0v) is 42.8. The number of hydrogen-bond donors (Lipinski definition) is 12. The van der Waals surface area contributed by atoms with Gasteiger partial charge in [0.05, 0.1) is 38.6 Å². The SMILES string of the molecule is CC/C=C\C/C=C\C/C=C\C/C=C\C/C=C\C/C=C\C/C=C\CCCCCC(=O)NC(COC1OC(CO)C(OC2OC(CO)C(OC3OC(CO)C(O)C(O)C3O)C(O)C2O)C(O)C1O)C(O)CCCCC. The molecule has 17 unspecified atom stereocenters. The zero-order valence-electron chi connectivity index (χ0n) is 42.8. The van der Waals surface area contributed by atoms with Crippen LogP contribution in [-0.4, -0.2) is 193 Å². The predicted octanol–water partition coefficient (Wildman–Crippen LogP) is 2.47. The Labute approximate surface area is 431 Å². The molecular weight excluding hydrogens is 951 g/mol. The number of nitrogens with one attached hydrogen (secondary N) is 1. The molecular formula is C54H89NO18. The van der Waals surface area contributed by atoms with Gasteiger partial charge < -0.3 is 89.9 Å². The quantitative estimate of drug-likeness (QED) is 0.0321. The molecule has 73 heavy (non-hydrogen) atoms. The van der Waals surface area contributed by atoms with Crippen LogP contribution >= 0.6 is 0 Å². The van der Waals surface area contributed by atoms with E-state index in [1.165, 1.54) is 0 Å². The Morgan fingerprint density at radius 3 is 1.42 bits per heavy atom. The van der Waals surface area contributed by atoms with E-state index >= 15 is 0 Å². The molecule has 17 atom stereocenters. The third kappa shape index (κ3) is 23.0. The first kappa shape index (κ1) is 64.3. The lowest BCUT2D eigenvalue weighted by Gasteiger charge is -2.48. The van der Waals surface area contributed by atoms with Crippen LogP contribution in [0.3, 0.4) is 0 Å². The molecule has 3 fully saturated rings. The second kappa shape index (κ2) is 37.7. The summed E-state index contributed by atoms with van der Waals surface area (Å²) in [5.74, 6) is -0.293. The fourth-order valence-electron chi connectivity index (χ4n) is 8.35. The monoisotopic (exact) mass is 1040 g/mol. The Kier molecular flexibility index (Phi) is 33.2. The summed E-state index contributed by atoms with van der Waals surface area (Å²) in [7, 11) is 0. The molecule has 3 heterocycles. The molecule has 3 aliphatic rings. The highest BCUT2D eigenvalue weighted by Crippen LogP contribution is 2.33. The fraction of sp³-hybridized carbons (Fsp3) is 0.722. The van der Waals surface area contributed by atoms with Gasteiger partial charge in [0, 0.05) is 6.42 Å². The van der Waals surface area contributed by atoms with Gasteiger partial charge in [0.2, 0.25) is 5.91 Å². The van der Waals surface area contributed by atoms with E-state index in [2.05, 4.69) is 97.3 Å². The van der Waals surface area contributed by atoms with Crippen LogP contribution in [0, 0.1) is 0 Å². The molecule has 418 valence electrons. The molecule has 3 saturated heterocycles. The maximum absolute atomic E-state index is 13.1. The van der Waals surface area contributed by atoms with Crippen LogP contribution in [0.25, 0.3) is 0 Å². The summed E-state index contributed by atoms with van der Waals surface area (Å²) in [6.07, 6.45) is 16.7. The van der Waals surface area contributed by atoms with Crippen molar-refractivity contribution in [1.82, 2.24) is 5.32 Å². The van der Waals surface area contributed by atoms with Crippen molar-refractivity contribution in [2.45, 2.75) is 221 Å². The normalized spacial score (nSPS) is 32.4. The van der Waals surface area contributed by atoms with Gasteiger partial charge in [0.1, 0.15) is 73.2 Å². The largest absolute Gasteiger partial charge is 0.394 e. The number of rotatable bonds is 35. The standard InChI is InChI=1S/C54H89NO18/c1-3-5-7-8-9-10-11-12-13-14-15-16-17-18-19-20-21-22-23-24-25-26-27-28-30-32-42(60)55-37(38(59)31-29-6-4-2)36-68-52-48(66)45(63)50(40(34-57)70-52)73-54-49(67)46(64)51(41(35-58)71-54)72-53-47(65)44(62)43(61)39(33-56)69-53/h5,7,9-10,12-13,15-16,18-19,21-22,24-25,37-41,43-54,56-59,61-67H,3-4,6,8,11,14,17,20,23,26-36H2,1-2H3,(H,55,60)/b7-5-,10-9-,13-12-,16-15-,19-18-,22-21-,25-24-. The van der Waals surface area contributed by atoms with Gasteiger partial charge in [-0.1, -0.05) is 125 Å². The molecule has 0 radical (unpaired) electrons. The lowest BCUT2D eigenvalue weighted by atomic mass is 9.96. The van der Waals surface area contributed by atoms with E-state index in [0.717, 1.165) is 77.0 Å². The molecule has 12 N–H and O–H groups in total. The minimum Gasteiger partial charge on any atom is -0.394 e. The number of allylic oxidation sites excluding steroid dienone is 14. The number of hydrogen-bond acceptors (Lipinski definition) is 18. The Hall–Kier alpha value is -3.03. The van der Waals surface area contributed by atoms with Gasteiger partial charge in [-0.15, -0.1) is 0 Å². The van der Waals surface area contributed by atoms with Gasteiger partial charge in [-0.3, -0.25) is 4.79 Å². The van der Waals surface area contributed by atoms with Crippen molar-refractivity contribution in [1.29, 1.82) is 0 Å². The van der Waals surface area contributed by atoms with Gasteiger partial charge >= 0.3 is 0 Å². The van der Waals surface area contributed by atoms with E-state index in [-0.39, 0.29) is 18.9 Å². The van der Waals surface area contributed by atoms with Gasteiger partial charge in [-0.25, -0.2) is 0 Å². The molecule has 0 saturated carbocycles. The number of amides is 1. The van der Waals surface area contributed by atoms with Crippen molar-refractivity contribution in [3.8, 4) is 0 Å². The van der Waals surface area contributed by atoms with Crippen molar-refractivity contribution < 1.29 is 89.4 Å². The molecule has 19 nitrogen and oxygen atoms in total. The number of aliphatic hydroxyl groups excluding tert-OH is 11. The van der Waals surface area contributed by atoms with Crippen LogP contribution in [-0.2, 0) is 33.2 Å². The van der Waals surface area contributed by atoms with Crippen molar-refractivity contribution in [3.63, 3.8) is 0 Å². The third-order valence-electron chi connectivity index (χ3n) is 12.7. The minimum atomic E-state index is -1.98. The first-order valence-corrected chi connectivity index (χ1v) is 26.3. The van der Waals surface area contributed by atoms with E-state index in [4.69, 9.17) is 28.4 Å². The van der Waals surface area contributed by atoms with Crippen LogP contribution in [0.5, 0.6) is 0 Å². The number of unbranched alkanes of at least 4 members (excludes halogenated alkanes) is 5. The fourth-order valence-corrected chi connectivity index (χ4v) is 8.35. The summed E-state index contributed by atoms with van der Waals surface area (Å²) in [5, 5.41) is 119. The molecule has 1 amide bonds. The Balaban J connectivity index is 1.40. The predicted molar refractivity (Wildman–Crippen MR) is 272 cm³/mol. The van der Waals surface area contributed by atoms with E-state index in [1.807, 2.05) is 6.92 Å². The highest BCUT2D eigenvalue weighted by Gasteiger charge is 2.53. The first-order valence-electron chi connectivity index (χ1n) is 26.3. The Morgan fingerprint density at radius 2 is 0.945 bits per heavy atom. The summed E-state index contributed by atoms with van der Waals surface area (Å²) in [4.78, 5) is 13.1.